The maximum atomic E-state index is 9.82. The molecule has 0 aromatic carbocycles. The fourth-order valence-electron chi connectivity index (χ4n) is 3.86. The first-order chi connectivity index (χ1) is 10.2. The van der Waals surface area contributed by atoms with Gasteiger partial charge in [0.2, 0.25) is 0 Å². The van der Waals surface area contributed by atoms with Gasteiger partial charge in [-0.2, -0.15) is 10.5 Å². The SMILES string of the molecule is C#CCN1[C@@H]2CC[C@H]1C[C@@](C#N)(c1cncc(C#N)c1)C2. The first kappa shape index (κ1) is 13.6. The molecule has 2 fully saturated rings. The summed E-state index contributed by atoms with van der Waals surface area (Å²) >= 11 is 0. The summed E-state index contributed by atoms with van der Waals surface area (Å²) in [6, 6.07) is 7.17. The minimum Gasteiger partial charge on any atom is -0.286 e. The van der Waals surface area contributed by atoms with Crippen LogP contribution in [0.1, 0.15) is 36.8 Å². The van der Waals surface area contributed by atoms with Gasteiger partial charge in [0, 0.05) is 24.5 Å². The first-order valence-electron chi connectivity index (χ1n) is 7.18. The van der Waals surface area contributed by atoms with Gasteiger partial charge >= 0.3 is 0 Å². The molecule has 4 heteroatoms. The predicted molar refractivity (Wildman–Crippen MR) is 77.8 cm³/mol. The lowest BCUT2D eigenvalue weighted by atomic mass is 9.71. The van der Waals surface area contributed by atoms with Gasteiger partial charge in [0.1, 0.15) is 6.07 Å². The van der Waals surface area contributed by atoms with Gasteiger partial charge in [-0.1, -0.05) is 5.92 Å². The normalized spacial score (nSPS) is 31.1. The zero-order valence-corrected chi connectivity index (χ0v) is 11.8. The van der Waals surface area contributed by atoms with Crippen molar-refractivity contribution < 1.29 is 0 Å². The second-order valence-electron chi connectivity index (χ2n) is 5.94. The van der Waals surface area contributed by atoms with E-state index in [9.17, 15) is 5.26 Å². The molecule has 104 valence electrons. The highest BCUT2D eigenvalue weighted by Crippen LogP contribution is 2.46. The molecule has 2 aliphatic heterocycles. The minimum atomic E-state index is -0.531. The summed E-state index contributed by atoms with van der Waals surface area (Å²) in [5.74, 6) is 2.73. The number of nitriles is 2. The van der Waals surface area contributed by atoms with Crippen molar-refractivity contribution in [3.05, 3.63) is 29.6 Å². The molecule has 2 saturated heterocycles. The van der Waals surface area contributed by atoms with Crippen LogP contribution in [0.5, 0.6) is 0 Å². The molecule has 0 unspecified atom stereocenters. The van der Waals surface area contributed by atoms with Crippen LogP contribution in [0, 0.1) is 35.0 Å². The van der Waals surface area contributed by atoms with E-state index in [2.05, 4.69) is 27.9 Å². The molecule has 4 nitrogen and oxygen atoms in total. The summed E-state index contributed by atoms with van der Waals surface area (Å²) in [6.07, 6.45) is 12.5. The predicted octanol–water partition coefficient (Wildman–Crippen LogP) is 1.97. The molecule has 0 radical (unpaired) electrons. The van der Waals surface area contributed by atoms with Crippen molar-refractivity contribution in [1.29, 1.82) is 10.5 Å². The number of terminal acetylenes is 1. The molecule has 3 rings (SSSR count). The standard InChI is InChI=1S/C17H16N4/c1-2-5-21-15-3-4-16(21)8-17(7-15,12-19)14-6-13(9-18)10-20-11-14/h1,6,10-11,15-16H,3-5,7-8H2/t15-,16+,17+. The molecule has 2 bridgehead atoms. The Morgan fingerprint density at radius 2 is 2.00 bits per heavy atom. The highest BCUT2D eigenvalue weighted by Gasteiger charge is 2.49. The number of aromatic nitrogens is 1. The molecule has 1 aromatic rings. The monoisotopic (exact) mass is 276 g/mol. The lowest BCUT2D eigenvalue weighted by Crippen LogP contribution is -2.49. The average Bonchev–Trinajstić information content (AvgIpc) is 2.78. The molecule has 3 atom stereocenters. The van der Waals surface area contributed by atoms with Gasteiger partial charge < -0.3 is 0 Å². The molecule has 0 amide bonds. The molecular weight excluding hydrogens is 260 g/mol. The van der Waals surface area contributed by atoms with Gasteiger partial charge in [0.05, 0.1) is 23.6 Å². The number of hydrogen-bond donors (Lipinski definition) is 0. The number of nitrogens with zero attached hydrogens (tertiary/aromatic N) is 4. The minimum absolute atomic E-state index is 0.366. The molecule has 0 saturated carbocycles. The van der Waals surface area contributed by atoms with Gasteiger partial charge in [-0.25, -0.2) is 0 Å². The van der Waals surface area contributed by atoms with Gasteiger partial charge in [0.25, 0.3) is 0 Å². The maximum absolute atomic E-state index is 9.82. The molecule has 2 aliphatic rings. The molecule has 1 aromatic heterocycles. The number of hydrogen-bond acceptors (Lipinski definition) is 4. The molecule has 0 spiro atoms. The second-order valence-corrected chi connectivity index (χ2v) is 5.94. The fraction of sp³-hybridized carbons (Fsp3) is 0.471. The topological polar surface area (TPSA) is 63.7 Å². The average molecular weight is 276 g/mol. The summed E-state index contributed by atoms with van der Waals surface area (Å²) in [4.78, 5) is 6.49. The van der Waals surface area contributed by atoms with Gasteiger partial charge in [-0.05, 0) is 37.3 Å². The van der Waals surface area contributed by atoms with Crippen molar-refractivity contribution >= 4 is 0 Å². The number of piperidine rings is 1. The highest BCUT2D eigenvalue weighted by atomic mass is 15.2. The van der Waals surface area contributed by atoms with E-state index in [1.54, 1.807) is 6.20 Å². The van der Waals surface area contributed by atoms with Crippen molar-refractivity contribution in [3.63, 3.8) is 0 Å². The van der Waals surface area contributed by atoms with Crippen LogP contribution in [0.2, 0.25) is 0 Å². The smallest absolute Gasteiger partial charge is 0.101 e. The van der Waals surface area contributed by atoms with Crippen molar-refractivity contribution in [2.75, 3.05) is 6.54 Å². The zero-order valence-electron chi connectivity index (χ0n) is 11.8. The Kier molecular flexibility index (Phi) is 3.38. The Balaban J connectivity index is 1.96. The van der Waals surface area contributed by atoms with E-state index in [0.29, 0.717) is 24.2 Å². The van der Waals surface area contributed by atoms with Crippen LogP contribution in [0.25, 0.3) is 0 Å². The number of pyridine rings is 1. The van der Waals surface area contributed by atoms with Crippen LogP contribution in [0.3, 0.4) is 0 Å². The van der Waals surface area contributed by atoms with E-state index in [-0.39, 0.29) is 0 Å². The van der Waals surface area contributed by atoms with E-state index in [1.165, 1.54) is 6.20 Å². The van der Waals surface area contributed by atoms with Crippen molar-refractivity contribution in [1.82, 2.24) is 9.88 Å². The quantitative estimate of drug-likeness (QED) is 0.775. The third-order valence-electron chi connectivity index (χ3n) is 4.85. The first-order valence-corrected chi connectivity index (χ1v) is 7.18. The van der Waals surface area contributed by atoms with Gasteiger partial charge in [0.15, 0.2) is 0 Å². The fourth-order valence-corrected chi connectivity index (χ4v) is 3.86. The van der Waals surface area contributed by atoms with Crippen LogP contribution >= 0.6 is 0 Å². The Hall–Kier alpha value is -2.35. The molecular formula is C17H16N4. The Morgan fingerprint density at radius 1 is 1.29 bits per heavy atom. The summed E-state index contributed by atoms with van der Waals surface area (Å²) < 4.78 is 0. The highest BCUT2D eigenvalue weighted by molar-refractivity contribution is 5.39. The third kappa shape index (κ3) is 2.17. The van der Waals surface area contributed by atoms with Crippen LogP contribution < -0.4 is 0 Å². The number of fused-ring (bicyclic) bond motifs is 2. The molecule has 0 N–H and O–H groups in total. The van der Waals surface area contributed by atoms with Crippen LogP contribution in [0.15, 0.2) is 18.5 Å². The molecule has 0 aliphatic carbocycles. The zero-order chi connectivity index (χ0) is 14.9. The van der Waals surface area contributed by atoms with E-state index < -0.39 is 5.41 Å². The lowest BCUT2D eigenvalue weighted by Gasteiger charge is -2.42. The van der Waals surface area contributed by atoms with Crippen molar-refractivity contribution in [2.45, 2.75) is 43.2 Å². The van der Waals surface area contributed by atoms with E-state index in [0.717, 1.165) is 31.2 Å². The van der Waals surface area contributed by atoms with Crippen LogP contribution in [-0.4, -0.2) is 28.5 Å². The largest absolute Gasteiger partial charge is 0.286 e. The Morgan fingerprint density at radius 3 is 2.57 bits per heavy atom. The summed E-state index contributed by atoms with van der Waals surface area (Å²) in [6.45, 7) is 0.660. The Bertz CT molecular complexity index is 659. The van der Waals surface area contributed by atoms with Crippen molar-refractivity contribution in [2.24, 2.45) is 0 Å². The van der Waals surface area contributed by atoms with E-state index >= 15 is 0 Å². The van der Waals surface area contributed by atoms with Gasteiger partial charge in [-0.15, -0.1) is 6.42 Å². The van der Waals surface area contributed by atoms with Gasteiger partial charge in [-0.3, -0.25) is 9.88 Å². The summed E-state index contributed by atoms with van der Waals surface area (Å²) in [5, 5.41) is 18.9. The molecule has 21 heavy (non-hydrogen) atoms. The Labute approximate surface area is 125 Å². The maximum Gasteiger partial charge on any atom is 0.101 e. The number of rotatable bonds is 2. The van der Waals surface area contributed by atoms with Crippen LogP contribution in [-0.2, 0) is 5.41 Å². The van der Waals surface area contributed by atoms with Crippen LogP contribution in [0.4, 0.5) is 0 Å². The molecule has 3 heterocycles. The van der Waals surface area contributed by atoms with E-state index in [1.807, 2.05) is 6.07 Å². The second kappa shape index (κ2) is 5.21. The van der Waals surface area contributed by atoms with E-state index in [4.69, 9.17) is 11.7 Å². The van der Waals surface area contributed by atoms with Crippen molar-refractivity contribution in [3.8, 4) is 24.5 Å². The summed E-state index contributed by atoms with van der Waals surface area (Å²) in [5.41, 5.74) is 0.860. The summed E-state index contributed by atoms with van der Waals surface area (Å²) in [7, 11) is 0. The lowest BCUT2D eigenvalue weighted by molar-refractivity contribution is 0.121. The third-order valence-corrected chi connectivity index (χ3v) is 4.85.